The van der Waals surface area contributed by atoms with Crippen molar-refractivity contribution < 1.29 is 18.7 Å². The molecule has 0 saturated carbocycles. The first kappa shape index (κ1) is 15.8. The van der Waals surface area contributed by atoms with Gasteiger partial charge in [0, 0.05) is 5.56 Å². The number of methoxy groups -OCH3 is 1. The minimum absolute atomic E-state index is 0.230. The van der Waals surface area contributed by atoms with Gasteiger partial charge >= 0.3 is 0 Å². The predicted molar refractivity (Wildman–Crippen MR) is 82.7 cm³/mol. The fraction of sp³-hybridized carbons (Fsp3) is 0.235. The summed E-state index contributed by atoms with van der Waals surface area (Å²) in [4.78, 5) is 11.6. The number of halogens is 1. The fourth-order valence-corrected chi connectivity index (χ4v) is 2.08. The maximum Gasteiger partial charge on any atom is 0.252 e. The van der Waals surface area contributed by atoms with Crippen LogP contribution in [-0.4, -0.2) is 19.6 Å². The van der Waals surface area contributed by atoms with Crippen molar-refractivity contribution in [2.75, 3.05) is 13.7 Å². The number of nitrogens with two attached hydrogens (primary N) is 1. The highest BCUT2D eigenvalue weighted by atomic mass is 19.1. The van der Waals surface area contributed by atoms with Gasteiger partial charge in [-0.05, 0) is 42.3 Å². The second kappa shape index (κ2) is 6.93. The van der Waals surface area contributed by atoms with E-state index in [2.05, 4.69) is 0 Å². The summed E-state index contributed by atoms with van der Waals surface area (Å²) >= 11 is 0. The number of rotatable bonds is 6. The molecule has 5 heteroatoms. The van der Waals surface area contributed by atoms with Gasteiger partial charge in [-0.25, -0.2) is 4.39 Å². The molecule has 0 bridgehead atoms. The zero-order valence-corrected chi connectivity index (χ0v) is 12.6. The van der Waals surface area contributed by atoms with Crippen molar-refractivity contribution in [3.05, 3.63) is 47.8 Å². The number of benzene rings is 2. The maximum absolute atomic E-state index is 14.0. The monoisotopic (exact) mass is 303 g/mol. The van der Waals surface area contributed by atoms with Crippen molar-refractivity contribution in [1.29, 1.82) is 0 Å². The number of carbonyl (C=O) groups excluding carboxylic acids is 1. The molecule has 2 aromatic rings. The molecular formula is C17H18FNO3. The Morgan fingerprint density at radius 1 is 1.23 bits per heavy atom. The topological polar surface area (TPSA) is 61.6 Å². The Morgan fingerprint density at radius 3 is 2.64 bits per heavy atom. The SMILES string of the molecule is CCCOc1ccc(-c2cc(OC)ccc2F)cc1C(N)=O. The van der Waals surface area contributed by atoms with E-state index in [-0.39, 0.29) is 5.56 Å². The van der Waals surface area contributed by atoms with Gasteiger partial charge in [-0.3, -0.25) is 4.79 Å². The Bertz CT molecular complexity index is 686. The van der Waals surface area contributed by atoms with E-state index in [1.807, 2.05) is 6.92 Å². The summed E-state index contributed by atoms with van der Waals surface area (Å²) < 4.78 is 24.6. The second-order valence-corrected chi connectivity index (χ2v) is 4.77. The van der Waals surface area contributed by atoms with E-state index in [0.717, 1.165) is 6.42 Å². The van der Waals surface area contributed by atoms with Crippen LogP contribution in [0, 0.1) is 5.82 Å². The molecule has 2 aromatic carbocycles. The molecular weight excluding hydrogens is 285 g/mol. The molecule has 0 atom stereocenters. The highest BCUT2D eigenvalue weighted by Crippen LogP contribution is 2.30. The van der Waals surface area contributed by atoms with E-state index < -0.39 is 11.7 Å². The van der Waals surface area contributed by atoms with E-state index in [4.69, 9.17) is 15.2 Å². The number of hydrogen-bond donors (Lipinski definition) is 1. The summed E-state index contributed by atoms with van der Waals surface area (Å²) in [6.45, 7) is 2.44. The standard InChI is InChI=1S/C17H18FNO3/c1-3-8-22-16-7-4-11(9-14(16)17(19)20)13-10-12(21-2)5-6-15(13)18/h4-7,9-10H,3,8H2,1-2H3,(H2,19,20). The van der Waals surface area contributed by atoms with Crippen LogP contribution in [-0.2, 0) is 0 Å². The van der Waals surface area contributed by atoms with Crippen LogP contribution in [0.1, 0.15) is 23.7 Å². The number of carbonyl (C=O) groups is 1. The van der Waals surface area contributed by atoms with Crippen molar-refractivity contribution in [3.63, 3.8) is 0 Å². The lowest BCUT2D eigenvalue weighted by atomic mass is 10.0. The molecule has 0 spiro atoms. The Hall–Kier alpha value is -2.56. The molecule has 2 rings (SSSR count). The van der Waals surface area contributed by atoms with Gasteiger partial charge in [0.15, 0.2) is 0 Å². The van der Waals surface area contributed by atoms with E-state index in [1.54, 1.807) is 18.2 Å². The number of primary amides is 1. The van der Waals surface area contributed by atoms with E-state index >= 15 is 0 Å². The minimum Gasteiger partial charge on any atom is -0.497 e. The lowest BCUT2D eigenvalue weighted by Gasteiger charge is -2.12. The van der Waals surface area contributed by atoms with Crippen LogP contribution in [0.2, 0.25) is 0 Å². The average molecular weight is 303 g/mol. The molecule has 0 aliphatic rings. The minimum atomic E-state index is -0.615. The smallest absolute Gasteiger partial charge is 0.252 e. The Balaban J connectivity index is 2.48. The first-order valence-electron chi connectivity index (χ1n) is 6.97. The van der Waals surface area contributed by atoms with Crippen molar-refractivity contribution in [2.24, 2.45) is 5.73 Å². The molecule has 0 fully saturated rings. The van der Waals surface area contributed by atoms with Crippen LogP contribution in [0.4, 0.5) is 4.39 Å². The third-order valence-electron chi connectivity index (χ3n) is 3.19. The Morgan fingerprint density at radius 2 is 2.00 bits per heavy atom. The highest BCUT2D eigenvalue weighted by molar-refractivity contribution is 5.97. The molecule has 2 N–H and O–H groups in total. The van der Waals surface area contributed by atoms with Crippen LogP contribution in [0.25, 0.3) is 11.1 Å². The zero-order valence-electron chi connectivity index (χ0n) is 12.6. The first-order valence-corrected chi connectivity index (χ1v) is 6.97. The highest BCUT2D eigenvalue weighted by Gasteiger charge is 2.14. The first-order chi connectivity index (χ1) is 10.6. The van der Waals surface area contributed by atoms with Crippen LogP contribution in [0.15, 0.2) is 36.4 Å². The van der Waals surface area contributed by atoms with Gasteiger partial charge < -0.3 is 15.2 Å². The molecule has 0 aliphatic heterocycles. The summed E-state index contributed by atoms with van der Waals surface area (Å²) in [6, 6.07) is 9.28. The fourth-order valence-electron chi connectivity index (χ4n) is 2.08. The summed E-state index contributed by atoms with van der Waals surface area (Å²) in [6.07, 6.45) is 0.810. The Kier molecular flexibility index (Phi) is 4.99. The van der Waals surface area contributed by atoms with E-state index in [0.29, 0.717) is 29.2 Å². The molecule has 0 radical (unpaired) electrons. The van der Waals surface area contributed by atoms with Gasteiger partial charge in [0.05, 0.1) is 19.3 Å². The normalized spacial score (nSPS) is 10.3. The average Bonchev–Trinajstić information content (AvgIpc) is 2.53. The lowest BCUT2D eigenvalue weighted by molar-refractivity contribution is 0.0996. The second-order valence-electron chi connectivity index (χ2n) is 4.77. The van der Waals surface area contributed by atoms with Crippen LogP contribution in [0.3, 0.4) is 0 Å². The van der Waals surface area contributed by atoms with Crippen molar-refractivity contribution >= 4 is 5.91 Å². The number of amides is 1. The predicted octanol–water partition coefficient (Wildman–Crippen LogP) is 3.39. The summed E-state index contributed by atoms with van der Waals surface area (Å²) in [5.74, 6) is -0.0838. The van der Waals surface area contributed by atoms with E-state index in [9.17, 15) is 9.18 Å². The van der Waals surface area contributed by atoms with Gasteiger partial charge in [0.25, 0.3) is 5.91 Å². The third kappa shape index (κ3) is 3.36. The van der Waals surface area contributed by atoms with Crippen molar-refractivity contribution in [2.45, 2.75) is 13.3 Å². The third-order valence-corrected chi connectivity index (χ3v) is 3.19. The molecule has 0 aromatic heterocycles. The van der Waals surface area contributed by atoms with Gasteiger partial charge in [-0.15, -0.1) is 0 Å². The number of ether oxygens (including phenoxy) is 2. The molecule has 0 unspecified atom stereocenters. The molecule has 116 valence electrons. The van der Waals surface area contributed by atoms with Gasteiger partial charge in [0.1, 0.15) is 17.3 Å². The van der Waals surface area contributed by atoms with Crippen LogP contribution < -0.4 is 15.2 Å². The van der Waals surface area contributed by atoms with Crippen LogP contribution in [0.5, 0.6) is 11.5 Å². The molecule has 0 saturated heterocycles. The summed E-state index contributed by atoms with van der Waals surface area (Å²) in [7, 11) is 1.51. The molecule has 4 nitrogen and oxygen atoms in total. The molecule has 0 aliphatic carbocycles. The molecule has 0 heterocycles. The van der Waals surface area contributed by atoms with E-state index in [1.165, 1.54) is 25.3 Å². The number of hydrogen-bond acceptors (Lipinski definition) is 3. The Labute approximate surface area is 128 Å². The van der Waals surface area contributed by atoms with Gasteiger partial charge in [0.2, 0.25) is 0 Å². The largest absolute Gasteiger partial charge is 0.497 e. The van der Waals surface area contributed by atoms with Crippen molar-refractivity contribution in [3.8, 4) is 22.6 Å². The summed E-state index contributed by atoms with van der Waals surface area (Å²) in [5.41, 5.74) is 6.49. The summed E-state index contributed by atoms with van der Waals surface area (Å²) in [5, 5.41) is 0. The maximum atomic E-state index is 14.0. The molecule has 22 heavy (non-hydrogen) atoms. The zero-order chi connectivity index (χ0) is 16.1. The van der Waals surface area contributed by atoms with Gasteiger partial charge in [-0.2, -0.15) is 0 Å². The van der Waals surface area contributed by atoms with Crippen molar-refractivity contribution in [1.82, 2.24) is 0 Å². The lowest BCUT2D eigenvalue weighted by Crippen LogP contribution is -2.13. The van der Waals surface area contributed by atoms with Crippen LogP contribution >= 0.6 is 0 Å². The quantitative estimate of drug-likeness (QED) is 0.889. The van der Waals surface area contributed by atoms with Gasteiger partial charge in [-0.1, -0.05) is 13.0 Å². The molecule has 1 amide bonds.